The zero-order valence-electron chi connectivity index (χ0n) is 10.3. The lowest BCUT2D eigenvalue weighted by molar-refractivity contribution is -0.402. The van der Waals surface area contributed by atoms with Crippen LogP contribution in [0.4, 0.5) is 5.88 Å². The molecule has 0 unspecified atom stereocenters. The van der Waals surface area contributed by atoms with Gasteiger partial charge in [0.15, 0.2) is 5.76 Å². The first-order valence-corrected chi connectivity index (χ1v) is 6.33. The third kappa shape index (κ3) is 3.66. The number of hydrazone groups is 1. The second-order valence-corrected chi connectivity index (χ2v) is 4.71. The van der Waals surface area contributed by atoms with Gasteiger partial charge in [0.1, 0.15) is 10.7 Å². The summed E-state index contributed by atoms with van der Waals surface area (Å²) in [6.07, 6.45) is 1.11. The standard InChI is InChI=1S/C12H8BrN3O5/c13-7-1-3-10(17)9(5-7)12(18)15-14-6-8-2-4-11(21-8)16(19)20/h1-6,17H,(H,15,18)/b14-6-. The van der Waals surface area contributed by atoms with Crippen LogP contribution in [0.2, 0.25) is 0 Å². The van der Waals surface area contributed by atoms with Crippen molar-refractivity contribution in [3.05, 3.63) is 56.2 Å². The van der Waals surface area contributed by atoms with Crippen LogP contribution in [-0.4, -0.2) is 22.2 Å². The molecule has 0 aliphatic rings. The number of aromatic hydroxyl groups is 1. The van der Waals surface area contributed by atoms with Crippen LogP contribution in [0.25, 0.3) is 0 Å². The van der Waals surface area contributed by atoms with E-state index in [1.54, 1.807) is 6.07 Å². The topological polar surface area (TPSA) is 118 Å². The molecule has 0 aliphatic carbocycles. The monoisotopic (exact) mass is 353 g/mol. The van der Waals surface area contributed by atoms with Gasteiger partial charge in [0.25, 0.3) is 5.91 Å². The molecule has 2 N–H and O–H groups in total. The van der Waals surface area contributed by atoms with Crippen molar-refractivity contribution >= 4 is 33.9 Å². The first-order chi connectivity index (χ1) is 9.97. The van der Waals surface area contributed by atoms with Crippen LogP contribution in [0.3, 0.4) is 0 Å². The number of carbonyl (C=O) groups is 1. The number of rotatable bonds is 4. The van der Waals surface area contributed by atoms with E-state index in [1.807, 2.05) is 0 Å². The molecule has 1 amide bonds. The van der Waals surface area contributed by atoms with Gasteiger partial charge in [-0.15, -0.1) is 0 Å². The minimum Gasteiger partial charge on any atom is -0.507 e. The maximum atomic E-state index is 11.8. The van der Waals surface area contributed by atoms with Crippen molar-refractivity contribution in [3.8, 4) is 5.75 Å². The summed E-state index contributed by atoms with van der Waals surface area (Å²) in [5.41, 5.74) is 2.21. The maximum absolute atomic E-state index is 11.8. The number of furan rings is 1. The summed E-state index contributed by atoms with van der Waals surface area (Å²) in [5.74, 6) is -1.14. The van der Waals surface area contributed by atoms with E-state index in [1.165, 1.54) is 24.3 Å². The predicted molar refractivity (Wildman–Crippen MR) is 76.2 cm³/mol. The van der Waals surface area contributed by atoms with Gasteiger partial charge < -0.3 is 9.52 Å². The molecule has 0 fully saturated rings. The van der Waals surface area contributed by atoms with Crippen LogP contribution in [-0.2, 0) is 0 Å². The van der Waals surface area contributed by atoms with Gasteiger partial charge in [-0.05, 0) is 24.3 Å². The summed E-state index contributed by atoms with van der Waals surface area (Å²) in [5, 5.41) is 23.6. The predicted octanol–water partition coefficient (Wildman–Crippen LogP) is 2.42. The van der Waals surface area contributed by atoms with E-state index in [9.17, 15) is 20.0 Å². The molecule has 2 aromatic rings. The highest BCUT2D eigenvalue weighted by molar-refractivity contribution is 9.10. The number of carbonyl (C=O) groups excluding carboxylic acids is 1. The Morgan fingerprint density at radius 1 is 1.43 bits per heavy atom. The summed E-state index contributed by atoms with van der Waals surface area (Å²) >= 11 is 3.18. The van der Waals surface area contributed by atoms with Gasteiger partial charge in [-0.1, -0.05) is 15.9 Å². The smallest absolute Gasteiger partial charge is 0.433 e. The summed E-state index contributed by atoms with van der Waals surface area (Å²) in [6, 6.07) is 6.88. The molecule has 1 aromatic heterocycles. The molecule has 0 aliphatic heterocycles. The number of benzene rings is 1. The highest BCUT2D eigenvalue weighted by Crippen LogP contribution is 2.21. The highest BCUT2D eigenvalue weighted by Gasteiger charge is 2.12. The minimum absolute atomic E-state index is 0.0342. The Labute approximate surface area is 126 Å². The molecule has 9 heteroatoms. The van der Waals surface area contributed by atoms with Gasteiger partial charge in [-0.25, -0.2) is 5.43 Å². The van der Waals surface area contributed by atoms with Crippen molar-refractivity contribution in [2.24, 2.45) is 5.10 Å². The second kappa shape index (κ2) is 6.18. The van der Waals surface area contributed by atoms with E-state index in [-0.39, 0.29) is 17.1 Å². The van der Waals surface area contributed by atoms with E-state index in [2.05, 4.69) is 26.5 Å². The average Bonchev–Trinajstić information content (AvgIpc) is 2.90. The third-order valence-electron chi connectivity index (χ3n) is 2.35. The molecule has 0 spiro atoms. The van der Waals surface area contributed by atoms with Crippen molar-refractivity contribution < 1.29 is 19.2 Å². The van der Waals surface area contributed by atoms with Gasteiger partial charge in [0.05, 0.1) is 17.8 Å². The number of amides is 1. The van der Waals surface area contributed by atoms with Crippen LogP contribution in [0, 0.1) is 10.1 Å². The molecule has 21 heavy (non-hydrogen) atoms. The summed E-state index contributed by atoms with van der Waals surface area (Å²) < 4.78 is 5.44. The molecule has 0 saturated heterocycles. The van der Waals surface area contributed by atoms with Gasteiger partial charge >= 0.3 is 5.88 Å². The number of nitrogens with one attached hydrogen (secondary N) is 1. The molecule has 0 saturated carbocycles. The molecule has 1 heterocycles. The zero-order chi connectivity index (χ0) is 15.4. The highest BCUT2D eigenvalue weighted by atomic mass is 79.9. The molecule has 0 atom stereocenters. The van der Waals surface area contributed by atoms with E-state index < -0.39 is 16.7 Å². The van der Waals surface area contributed by atoms with Crippen molar-refractivity contribution in [1.29, 1.82) is 0 Å². The van der Waals surface area contributed by atoms with Crippen LogP contribution in [0.15, 0.2) is 44.3 Å². The number of nitrogens with zero attached hydrogens (tertiary/aromatic N) is 2. The second-order valence-electron chi connectivity index (χ2n) is 3.79. The third-order valence-corrected chi connectivity index (χ3v) is 2.85. The number of nitro groups is 1. The van der Waals surface area contributed by atoms with E-state index in [4.69, 9.17) is 4.42 Å². The van der Waals surface area contributed by atoms with Crippen LogP contribution < -0.4 is 5.43 Å². The first kappa shape index (κ1) is 14.7. The quantitative estimate of drug-likeness (QED) is 0.497. The van der Waals surface area contributed by atoms with Crippen molar-refractivity contribution in [2.75, 3.05) is 0 Å². The molecule has 0 bridgehead atoms. The van der Waals surface area contributed by atoms with Gasteiger partial charge in [0.2, 0.25) is 0 Å². The number of hydrogen-bond donors (Lipinski definition) is 2. The average molecular weight is 354 g/mol. The Bertz CT molecular complexity index is 725. The summed E-state index contributed by atoms with van der Waals surface area (Å²) in [7, 11) is 0. The lowest BCUT2D eigenvalue weighted by Crippen LogP contribution is -2.17. The van der Waals surface area contributed by atoms with Crippen molar-refractivity contribution in [3.63, 3.8) is 0 Å². The van der Waals surface area contributed by atoms with Gasteiger partial charge in [-0.3, -0.25) is 14.9 Å². The van der Waals surface area contributed by atoms with Crippen LogP contribution in [0.5, 0.6) is 5.75 Å². The minimum atomic E-state index is -0.685. The Balaban J connectivity index is 2.04. The van der Waals surface area contributed by atoms with Crippen molar-refractivity contribution in [1.82, 2.24) is 5.43 Å². The van der Waals surface area contributed by atoms with Crippen molar-refractivity contribution in [2.45, 2.75) is 0 Å². The lowest BCUT2D eigenvalue weighted by atomic mass is 10.2. The number of phenols is 1. The Hall–Kier alpha value is -2.68. The van der Waals surface area contributed by atoms with Crippen LogP contribution in [0.1, 0.15) is 16.1 Å². The molecule has 8 nitrogen and oxygen atoms in total. The zero-order valence-corrected chi connectivity index (χ0v) is 11.9. The molecule has 108 valence electrons. The largest absolute Gasteiger partial charge is 0.507 e. The molecular weight excluding hydrogens is 346 g/mol. The van der Waals surface area contributed by atoms with E-state index in [0.29, 0.717) is 4.47 Å². The molecule has 0 radical (unpaired) electrons. The van der Waals surface area contributed by atoms with E-state index in [0.717, 1.165) is 6.21 Å². The fraction of sp³-hybridized carbons (Fsp3) is 0. The van der Waals surface area contributed by atoms with Gasteiger partial charge in [0, 0.05) is 4.47 Å². The number of phenolic OH excluding ortho intramolecular Hbond substituents is 1. The molecular formula is C12H8BrN3O5. The van der Waals surface area contributed by atoms with Crippen LogP contribution >= 0.6 is 15.9 Å². The summed E-state index contributed by atoms with van der Waals surface area (Å²) in [4.78, 5) is 21.5. The Morgan fingerprint density at radius 3 is 2.86 bits per heavy atom. The Kier molecular flexibility index (Phi) is 4.33. The lowest BCUT2D eigenvalue weighted by Gasteiger charge is -2.02. The fourth-order valence-electron chi connectivity index (χ4n) is 1.41. The number of halogens is 1. The first-order valence-electron chi connectivity index (χ1n) is 5.53. The normalized spacial score (nSPS) is 10.7. The Morgan fingerprint density at radius 2 is 2.19 bits per heavy atom. The molecule has 1 aromatic carbocycles. The molecule has 2 rings (SSSR count). The maximum Gasteiger partial charge on any atom is 0.433 e. The fourth-order valence-corrected chi connectivity index (χ4v) is 1.78. The number of hydrogen-bond acceptors (Lipinski definition) is 6. The van der Waals surface area contributed by atoms with Gasteiger partial charge in [-0.2, -0.15) is 5.10 Å². The summed E-state index contributed by atoms with van der Waals surface area (Å²) in [6.45, 7) is 0. The van der Waals surface area contributed by atoms with E-state index >= 15 is 0 Å². The SMILES string of the molecule is O=C(N/N=C\c1ccc([N+](=O)[O-])o1)c1cc(Br)ccc1O.